The van der Waals surface area contributed by atoms with E-state index in [1.165, 1.54) is 0 Å². The molecule has 16 heavy (non-hydrogen) atoms. The van der Waals surface area contributed by atoms with Gasteiger partial charge in [0.25, 0.3) is 0 Å². The minimum absolute atomic E-state index is 0.104. The van der Waals surface area contributed by atoms with E-state index < -0.39 is 6.04 Å². The summed E-state index contributed by atoms with van der Waals surface area (Å²) in [5.41, 5.74) is 5.57. The molecular formula is C11H23N3O2. The molecule has 1 amide bonds. The average molecular weight is 229 g/mol. The maximum absolute atomic E-state index is 11.5. The highest BCUT2D eigenvalue weighted by Crippen LogP contribution is 1.92. The molecule has 5 nitrogen and oxygen atoms in total. The number of nitrogens with two attached hydrogens (primary N) is 1. The molecule has 0 bridgehead atoms. The van der Waals surface area contributed by atoms with Gasteiger partial charge in [-0.2, -0.15) is 0 Å². The zero-order valence-electron chi connectivity index (χ0n) is 10.4. The Kier molecular flexibility index (Phi) is 7.76. The van der Waals surface area contributed by atoms with Crippen LogP contribution in [0.2, 0.25) is 0 Å². The SMILES string of the molecule is CCN[C@@H](CNC(=O)C(N)CC)C(=O)CC. The van der Waals surface area contributed by atoms with Crippen LogP contribution in [0.3, 0.4) is 0 Å². The summed E-state index contributed by atoms with van der Waals surface area (Å²) in [6.07, 6.45) is 1.06. The molecule has 1 unspecified atom stereocenters. The van der Waals surface area contributed by atoms with Crippen LogP contribution in [0.4, 0.5) is 0 Å². The molecule has 0 aliphatic heterocycles. The van der Waals surface area contributed by atoms with E-state index in [0.29, 0.717) is 25.9 Å². The van der Waals surface area contributed by atoms with Crippen LogP contribution in [0.25, 0.3) is 0 Å². The van der Waals surface area contributed by atoms with Crippen molar-refractivity contribution in [2.24, 2.45) is 5.73 Å². The monoisotopic (exact) mass is 229 g/mol. The summed E-state index contributed by atoms with van der Waals surface area (Å²) in [4.78, 5) is 22.9. The van der Waals surface area contributed by atoms with E-state index in [0.717, 1.165) is 0 Å². The molecule has 4 N–H and O–H groups in total. The minimum Gasteiger partial charge on any atom is -0.353 e. The predicted molar refractivity (Wildman–Crippen MR) is 64.0 cm³/mol. The summed E-state index contributed by atoms with van der Waals surface area (Å²) >= 11 is 0. The van der Waals surface area contributed by atoms with Gasteiger partial charge in [-0.25, -0.2) is 0 Å². The first kappa shape index (κ1) is 15.1. The number of Topliss-reactive ketones (excluding diaryl/α,β-unsaturated/α-hetero) is 1. The van der Waals surface area contributed by atoms with Gasteiger partial charge < -0.3 is 16.4 Å². The Balaban J connectivity index is 4.11. The lowest BCUT2D eigenvalue weighted by Gasteiger charge is -2.18. The Hall–Kier alpha value is -0.940. The summed E-state index contributed by atoms with van der Waals surface area (Å²) in [5.74, 6) is -0.0958. The topological polar surface area (TPSA) is 84.2 Å². The molecule has 0 aliphatic rings. The van der Waals surface area contributed by atoms with Crippen LogP contribution in [0.1, 0.15) is 33.6 Å². The Morgan fingerprint density at radius 1 is 1.25 bits per heavy atom. The normalized spacial score (nSPS) is 14.2. The van der Waals surface area contributed by atoms with Gasteiger partial charge in [-0.05, 0) is 13.0 Å². The molecule has 0 rings (SSSR count). The largest absolute Gasteiger partial charge is 0.353 e. The Morgan fingerprint density at radius 3 is 2.31 bits per heavy atom. The number of ketones is 1. The lowest BCUT2D eigenvalue weighted by molar-refractivity contribution is -0.123. The smallest absolute Gasteiger partial charge is 0.236 e. The summed E-state index contributed by atoms with van der Waals surface area (Å²) in [6, 6.07) is -0.790. The van der Waals surface area contributed by atoms with E-state index in [2.05, 4.69) is 10.6 Å². The van der Waals surface area contributed by atoms with Gasteiger partial charge in [0.2, 0.25) is 5.91 Å². The maximum atomic E-state index is 11.5. The zero-order chi connectivity index (χ0) is 12.6. The number of carbonyl (C=O) groups is 2. The number of hydrogen-bond donors (Lipinski definition) is 3. The van der Waals surface area contributed by atoms with E-state index in [4.69, 9.17) is 5.73 Å². The second kappa shape index (κ2) is 8.24. The van der Waals surface area contributed by atoms with E-state index in [9.17, 15) is 9.59 Å². The standard InChI is InChI=1S/C11H23N3O2/c1-4-8(12)11(16)14-7-9(13-6-3)10(15)5-2/h8-9,13H,4-7,12H2,1-3H3,(H,14,16)/t8?,9-/m0/s1. The van der Waals surface area contributed by atoms with Gasteiger partial charge in [0.1, 0.15) is 0 Å². The molecule has 2 atom stereocenters. The Bertz CT molecular complexity index is 231. The molecule has 0 saturated carbocycles. The third-order valence-electron chi connectivity index (χ3n) is 2.44. The molecule has 0 radical (unpaired) electrons. The highest BCUT2D eigenvalue weighted by Gasteiger charge is 2.17. The quantitative estimate of drug-likeness (QED) is 0.538. The molecule has 0 aromatic rings. The fraction of sp³-hybridized carbons (Fsp3) is 0.818. The third-order valence-corrected chi connectivity index (χ3v) is 2.44. The van der Waals surface area contributed by atoms with Crippen LogP contribution < -0.4 is 16.4 Å². The molecule has 0 heterocycles. The van der Waals surface area contributed by atoms with Crippen molar-refractivity contribution in [3.63, 3.8) is 0 Å². The number of carbonyl (C=O) groups excluding carboxylic acids is 2. The summed E-state index contributed by atoms with van der Waals surface area (Å²) in [6.45, 7) is 6.60. The first-order valence-corrected chi connectivity index (χ1v) is 5.86. The van der Waals surface area contributed by atoms with Gasteiger partial charge >= 0.3 is 0 Å². The van der Waals surface area contributed by atoms with Crippen molar-refractivity contribution in [2.45, 2.75) is 45.7 Å². The molecule has 94 valence electrons. The number of hydrogen-bond acceptors (Lipinski definition) is 4. The summed E-state index contributed by atoms with van der Waals surface area (Å²) in [5, 5.41) is 5.73. The molecule has 0 aliphatic carbocycles. The number of likely N-dealkylation sites (N-methyl/N-ethyl adjacent to an activating group) is 1. The molecule has 0 aromatic carbocycles. The van der Waals surface area contributed by atoms with Crippen LogP contribution in [0.5, 0.6) is 0 Å². The number of nitrogens with one attached hydrogen (secondary N) is 2. The van der Waals surface area contributed by atoms with Crippen molar-refractivity contribution >= 4 is 11.7 Å². The van der Waals surface area contributed by atoms with Crippen LogP contribution in [0.15, 0.2) is 0 Å². The Morgan fingerprint density at radius 2 is 1.88 bits per heavy atom. The fourth-order valence-electron chi connectivity index (χ4n) is 1.31. The molecular weight excluding hydrogens is 206 g/mol. The van der Waals surface area contributed by atoms with Crippen LogP contribution in [-0.4, -0.2) is 36.9 Å². The second-order valence-corrected chi connectivity index (χ2v) is 3.69. The van der Waals surface area contributed by atoms with Gasteiger partial charge in [0.15, 0.2) is 5.78 Å². The maximum Gasteiger partial charge on any atom is 0.236 e. The lowest BCUT2D eigenvalue weighted by atomic mass is 10.1. The van der Waals surface area contributed by atoms with Crippen molar-refractivity contribution < 1.29 is 9.59 Å². The highest BCUT2D eigenvalue weighted by molar-refractivity contribution is 5.86. The molecule has 5 heteroatoms. The third kappa shape index (κ3) is 5.23. The predicted octanol–water partition coefficient (Wildman–Crippen LogP) is -0.203. The highest BCUT2D eigenvalue weighted by atomic mass is 16.2. The van der Waals surface area contributed by atoms with Crippen molar-refractivity contribution in [1.29, 1.82) is 0 Å². The van der Waals surface area contributed by atoms with E-state index in [-0.39, 0.29) is 17.7 Å². The van der Waals surface area contributed by atoms with E-state index in [1.54, 1.807) is 0 Å². The van der Waals surface area contributed by atoms with Gasteiger partial charge in [-0.3, -0.25) is 9.59 Å². The lowest BCUT2D eigenvalue weighted by Crippen LogP contribution is -2.49. The van der Waals surface area contributed by atoms with Crippen molar-refractivity contribution in [3.05, 3.63) is 0 Å². The molecule has 0 spiro atoms. The molecule has 0 saturated heterocycles. The number of rotatable bonds is 8. The van der Waals surface area contributed by atoms with Crippen LogP contribution in [-0.2, 0) is 9.59 Å². The first-order chi connectivity index (χ1) is 7.56. The van der Waals surface area contributed by atoms with E-state index >= 15 is 0 Å². The van der Waals surface area contributed by atoms with Crippen LogP contribution in [0, 0.1) is 0 Å². The average Bonchev–Trinajstić information content (AvgIpc) is 2.31. The van der Waals surface area contributed by atoms with Gasteiger partial charge in [-0.1, -0.05) is 20.8 Å². The van der Waals surface area contributed by atoms with Gasteiger partial charge in [0.05, 0.1) is 12.1 Å². The van der Waals surface area contributed by atoms with Crippen molar-refractivity contribution in [3.8, 4) is 0 Å². The fourth-order valence-corrected chi connectivity index (χ4v) is 1.31. The van der Waals surface area contributed by atoms with Crippen molar-refractivity contribution in [1.82, 2.24) is 10.6 Å². The van der Waals surface area contributed by atoms with Crippen LogP contribution >= 0.6 is 0 Å². The van der Waals surface area contributed by atoms with Crippen molar-refractivity contribution in [2.75, 3.05) is 13.1 Å². The van der Waals surface area contributed by atoms with E-state index in [1.807, 2.05) is 20.8 Å². The number of amides is 1. The minimum atomic E-state index is -0.487. The first-order valence-electron chi connectivity index (χ1n) is 5.86. The van der Waals surface area contributed by atoms with Gasteiger partial charge in [-0.15, -0.1) is 0 Å². The Labute approximate surface area is 97.2 Å². The second-order valence-electron chi connectivity index (χ2n) is 3.69. The summed E-state index contributed by atoms with van der Waals surface area (Å²) < 4.78 is 0. The molecule has 0 aromatic heterocycles. The zero-order valence-corrected chi connectivity index (χ0v) is 10.4. The summed E-state index contributed by atoms with van der Waals surface area (Å²) in [7, 11) is 0. The van der Waals surface area contributed by atoms with Gasteiger partial charge in [0, 0.05) is 13.0 Å². The molecule has 0 fully saturated rings.